The average Bonchev–Trinajstić information content (AvgIpc) is 2.84. The van der Waals surface area contributed by atoms with Crippen LogP contribution in [0.4, 0.5) is 0 Å². The summed E-state index contributed by atoms with van der Waals surface area (Å²) < 4.78 is 16.9. The maximum Gasteiger partial charge on any atom is 0.260 e. The molecule has 34 heavy (non-hydrogen) atoms. The number of aryl methyl sites for hydroxylation is 1. The van der Waals surface area contributed by atoms with E-state index in [1.165, 1.54) is 0 Å². The molecule has 0 aliphatic carbocycles. The molecule has 0 aromatic heterocycles. The number of carbonyl (C=O) groups excluding carboxylic acids is 1. The number of aliphatic hydroxyl groups is 1. The van der Waals surface area contributed by atoms with Crippen LogP contribution < -0.4 is 9.47 Å². The zero-order valence-electron chi connectivity index (χ0n) is 19.7. The third kappa shape index (κ3) is 6.85. The van der Waals surface area contributed by atoms with Gasteiger partial charge in [0.25, 0.3) is 5.91 Å². The van der Waals surface area contributed by atoms with Crippen LogP contribution in [0.3, 0.4) is 0 Å². The van der Waals surface area contributed by atoms with Gasteiger partial charge in [0.2, 0.25) is 0 Å². The molecule has 2 aromatic rings. The fourth-order valence-electron chi connectivity index (χ4n) is 4.39. The molecular formula is C26H33ClN2O5. The van der Waals surface area contributed by atoms with Crippen molar-refractivity contribution in [1.82, 2.24) is 9.80 Å². The van der Waals surface area contributed by atoms with Gasteiger partial charge in [0.05, 0.1) is 18.2 Å². The summed E-state index contributed by atoms with van der Waals surface area (Å²) in [6.07, 6.45) is 1.59. The third-order valence-corrected chi connectivity index (χ3v) is 6.59. The maximum absolute atomic E-state index is 12.2. The van der Waals surface area contributed by atoms with Gasteiger partial charge in [-0.25, -0.2) is 0 Å². The summed E-state index contributed by atoms with van der Waals surface area (Å²) in [5, 5.41) is 11.7. The van der Waals surface area contributed by atoms with E-state index in [4.69, 9.17) is 25.8 Å². The Kier molecular flexibility index (Phi) is 8.32. The summed E-state index contributed by atoms with van der Waals surface area (Å²) in [5.74, 6) is 1.26. The quantitative estimate of drug-likeness (QED) is 0.615. The van der Waals surface area contributed by atoms with Crippen LogP contribution in [0.5, 0.6) is 11.5 Å². The Balaban J connectivity index is 1.26. The van der Waals surface area contributed by atoms with Gasteiger partial charge in [0.15, 0.2) is 6.61 Å². The largest absolute Gasteiger partial charge is 0.489 e. The van der Waals surface area contributed by atoms with E-state index in [9.17, 15) is 9.90 Å². The molecule has 8 heteroatoms. The first-order chi connectivity index (χ1) is 16.4. The molecule has 0 spiro atoms. The van der Waals surface area contributed by atoms with Gasteiger partial charge in [-0.15, -0.1) is 0 Å². The SMILES string of the molecule is Cc1ccc(Cl)c(OCC2(O)CCCN(Cc3ccc(OCC(=O)N4CCOCC4)cc3)C2)c1. The van der Waals surface area contributed by atoms with E-state index in [1.54, 1.807) is 4.90 Å². The molecule has 1 unspecified atom stereocenters. The minimum atomic E-state index is -0.922. The summed E-state index contributed by atoms with van der Waals surface area (Å²) in [5.41, 5.74) is 1.27. The Hall–Kier alpha value is -2.32. The predicted octanol–water partition coefficient (Wildman–Crippen LogP) is 3.29. The van der Waals surface area contributed by atoms with Gasteiger partial charge < -0.3 is 24.2 Å². The third-order valence-electron chi connectivity index (χ3n) is 6.27. The number of nitrogens with zero attached hydrogens (tertiary/aromatic N) is 2. The average molecular weight is 489 g/mol. The molecule has 184 valence electrons. The highest BCUT2D eigenvalue weighted by molar-refractivity contribution is 6.32. The molecule has 1 N–H and O–H groups in total. The molecule has 2 aliphatic heterocycles. The topological polar surface area (TPSA) is 71.5 Å². The number of β-amino-alcohol motifs (C(OH)–C–C–N with tert-alkyl or cyclic N) is 1. The van der Waals surface area contributed by atoms with Crippen LogP contribution in [0.2, 0.25) is 5.02 Å². The van der Waals surface area contributed by atoms with E-state index in [0.29, 0.717) is 55.8 Å². The van der Waals surface area contributed by atoms with Crippen LogP contribution in [-0.4, -0.2) is 79.0 Å². The maximum atomic E-state index is 12.2. The number of benzene rings is 2. The van der Waals surface area contributed by atoms with E-state index < -0.39 is 5.60 Å². The Bertz CT molecular complexity index is 964. The molecular weight excluding hydrogens is 456 g/mol. The minimum absolute atomic E-state index is 0.0193. The molecule has 1 atom stereocenters. The predicted molar refractivity (Wildman–Crippen MR) is 130 cm³/mol. The van der Waals surface area contributed by atoms with Gasteiger partial charge in [-0.05, 0) is 61.7 Å². The smallest absolute Gasteiger partial charge is 0.260 e. The fraction of sp³-hybridized carbons (Fsp3) is 0.500. The fourth-order valence-corrected chi connectivity index (χ4v) is 4.56. The summed E-state index contributed by atoms with van der Waals surface area (Å²) in [6, 6.07) is 13.4. The second-order valence-corrected chi connectivity index (χ2v) is 9.59. The molecule has 2 saturated heterocycles. The van der Waals surface area contributed by atoms with E-state index in [-0.39, 0.29) is 19.1 Å². The second-order valence-electron chi connectivity index (χ2n) is 9.19. The highest BCUT2D eigenvalue weighted by Gasteiger charge is 2.34. The zero-order valence-corrected chi connectivity index (χ0v) is 20.4. The van der Waals surface area contributed by atoms with Crippen molar-refractivity contribution in [3.05, 3.63) is 58.6 Å². The number of ether oxygens (including phenoxy) is 3. The second kappa shape index (κ2) is 11.4. The van der Waals surface area contributed by atoms with Crippen LogP contribution in [0, 0.1) is 6.92 Å². The van der Waals surface area contributed by atoms with Crippen molar-refractivity contribution >= 4 is 17.5 Å². The number of morpholine rings is 1. The number of piperidine rings is 1. The van der Waals surface area contributed by atoms with Gasteiger partial charge in [-0.2, -0.15) is 0 Å². The number of halogens is 1. The molecule has 7 nitrogen and oxygen atoms in total. The van der Waals surface area contributed by atoms with Gasteiger partial charge in [-0.1, -0.05) is 29.8 Å². The monoisotopic (exact) mass is 488 g/mol. The van der Waals surface area contributed by atoms with Crippen molar-refractivity contribution in [2.45, 2.75) is 31.9 Å². The number of carbonyl (C=O) groups is 1. The molecule has 0 radical (unpaired) electrons. The zero-order chi connectivity index (χ0) is 24.0. The lowest BCUT2D eigenvalue weighted by atomic mass is 9.93. The van der Waals surface area contributed by atoms with Crippen molar-refractivity contribution in [2.24, 2.45) is 0 Å². The molecule has 2 aromatic carbocycles. The number of amides is 1. The molecule has 0 bridgehead atoms. The highest BCUT2D eigenvalue weighted by Crippen LogP contribution is 2.29. The van der Waals surface area contributed by atoms with E-state index in [2.05, 4.69) is 4.90 Å². The van der Waals surface area contributed by atoms with Gasteiger partial charge in [0, 0.05) is 26.2 Å². The van der Waals surface area contributed by atoms with Crippen LogP contribution in [-0.2, 0) is 16.1 Å². The summed E-state index contributed by atoms with van der Waals surface area (Å²) in [7, 11) is 0. The Morgan fingerprint density at radius 1 is 1.12 bits per heavy atom. The van der Waals surface area contributed by atoms with Crippen LogP contribution in [0.25, 0.3) is 0 Å². The van der Waals surface area contributed by atoms with Gasteiger partial charge >= 0.3 is 0 Å². The van der Waals surface area contributed by atoms with Crippen molar-refractivity contribution < 1.29 is 24.1 Å². The lowest BCUT2D eigenvalue weighted by Crippen LogP contribution is -2.51. The Morgan fingerprint density at radius 2 is 1.88 bits per heavy atom. The lowest BCUT2D eigenvalue weighted by Gasteiger charge is -2.39. The van der Waals surface area contributed by atoms with Crippen LogP contribution >= 0.6 is 11.6 Å². The first-order valence-electron chi connectivity index (χ1n) is 11.8. The number of hydrogen-bond acceptors (Lipinski definition) is 6. The number of likely N-dealkylation sites (tertiary alicyclic amines) is 1. The van der Waals surface area contributed by atoms with E-state index in [0.717, 1.165) is 30.6 Å². The van der Waals surface area contributed by atoms with Crippen molar-refractivity contribution in [3.63, 3.8) is 0 Å². The number of hydrogen-bond donors (Lipinski definition) is 1. The van der Waals surface area contributed by atoms with E-state index >= 15 is 0 Å². The minimum Gasteiger partial charge on any atom is -0.489 e. The Morgan fingerprint density at radius 3 is 2.65 bits per heavy atom. The molecule has 2 heterocycles. The molecule has 1 amide bonds. The normalized spacial score (nSPS) is 21.3. The first-order valence-corrected chi connectivity index (χ1v) is 12.2. The summed E-state index contributed by atoms with van der Waals surface area (Å²) in [6.45, 7) is 6.79. The van der Waals surface area contributed by atoms with Gasteiger partial charge in [-0.3, -0.25) is 9.69 Å². The first kappa shape index (κ1) is 24.8. The van der Waals surface area contributed by atoms with Crippen molar-refractivity contribution in [1.29, 1.82) is 0 Å². The standard InChI is InChI=1S/C26H33ClN2O5/c1-20-3-8-23(27)24(15-20)34-19-26(31)9-2-10-28(18-26)16-21-4-6-22(7-5-21)33-17-25(30)29-11-13-32-14-12-29/h3-8,15,31H,2,9-14,16-19H2,1H3. The van der Waals surface area contributed by atoms with Crippen LogP contribution in [0.15, 0.2) is 42.5 Å². The Labute approximate surface area is 206 Å². The molecule has 0 saturated carbocycles. The van der Waals surface area contributed by atoms with Crippen LogP contribution in [0.1, 0.15) is 24.0 Å². The lowest BCUT2D eigenvalue weighted by molar-refractivity contribution is -0.137. The van der Waals surface area contributed by atoms with Crippen molar-refractivity contribution in [2.75, 3.05) is 52.6 Å². The highest BCUT2D eigenvalue weighted by atomic mass is 35.5. The molecule has 2 fully saturated rings. The summed E-state index contributed by atoms with van der Waals surface area (Å²) in [4.78, 5) is 16.2. The molecule has 4 rings (SSSR count). The van der Waals surface area contributed by atoms with E-state index in [1.807, 2.05) is 49.4 Å². The van der Waals surface area contributed by atoms with Crippen molar-refractivity contribution in [3.8, 4) is 11.5 Å². The molecule has 2 aliphatic rings. The van der Waals surface area contributed by atoms with Gasteiger partial charge in [0.1, 0.15) is 23.7 Å². The number of rotatable bonds is 8. The summed E-state index contributed by atoms with van der Waals surface area (Å²) >= 11 is 6.23.